The number of anilines is 3. The fourth-order valence-corrected chi connectivity index (χ4v) is 2.41. The Kier molecular flexibility index (Phi) is 3.34. The molecule has 102 valence electrons. The van der Waals surface area contributed by atoms with Crippen molar-refractivity contribution in [3.63, 3.8) is 0 Å². The van der Waals surface area contributed by atoms with Crippen molar-refractivity contribution in [1.29, 1.82) is 0 Å². The molecule has 3 N–H and O–H groups in total. The highest BCUT2D eigenvalue weighted by molar-refractivity contribution is 6.30. The van der Waals surface area contributed by atoms with Crippen molar-refractivity contribution in [2.45, 2.75) is 6.04 Å². The molecule has 20 heavy (non-hydrogen) atoms. The number of carbonyl (C=O) groups is 1. The molecule has 0 bridgehead atoms. The van der Waals surface area contributed by atoms with E-state index in [9.17, 15) is 4.79 Å². The van der Waals surface area contributed by atoms with E-state index in [1.807, 2.05) is 53.4 Å². The van der Waals surface area contributed by atoms with E-state index < -0.39 is 6.04 Å². The second-order valence-electron chi connectivity index (χ2n) is 4.70. The molecule has 0 unspecified atom stereocenters. The molecule has 1 aliphatic heterocycles. The number of halogens is 1. The van der Waals surface area contributed by atoms with E-state index in [1.165, 1.54) is 0 Å². The first kappa shape index (κ1) is 13.0. The highest BCUT2D eigenvalue weighted by atomic mass is 35.5. The van der Waals surface area contributed by atoms with Crippen molar-refractivity contribution >= 4 is 34.6 Å². The molecule has 5 heteroatoms. The Morgan fingerprint density at radius 1 is 1.15 bits per heavy atom. The Bertz CT molecular complexity index is 642. The molecule has 0 radical (unpaired) electrons. The molecule has 1 heterocycles. The average Bonchev–Trinajstić information content (AvgIpc) is 2.58. The van der Waals surface area contributed by atoms with Gasteiger partial charge in [0.2, 0.25) is 5.91 Å². The molecule has 1 amide bonds. The van der Waals surface area contributed by atoms with Gasteiger partial charge in [-0.3, -0.25) is 4.79 Å². The molecule has 0 saturated carbocycles. The van der Waals surface area contributed by atoms with Gasteiger partial charge in [0.15, 0.2) is 0 Å². The van der Waals surface area contributed by atoms with Gasteiger partial charge in [-0.1, -0.05) is 23.7 Å². The van der Waals surface area contributed by atoms with Gasteiger partial charge in [0, 0.05) is 17.3 Å². The van der Waals surface area contributed by atoms with Crippen molar-refractivity contribution in [1.82, 2.24) is 0 Å². The molecule has 4 nitrogen and oxygen atoms in total. The lowest BCUT2D eigenvalue weighted by Crippen LogP contribution is -2.41. The third kappa shape index (κ3) is 2.35. The van der Waals surface area contributed by atoms with Gasteiger partial charge >= 0.3 is 0 Å². The number of carbonyl (C=O) groups excluding carboxylic acids is 1. The minimum Gasteiger partial charge on any atom is -0.338 e. The average molecular weight is 288 g/mol. The number of hydrogen-bond donors (Lipinski definition) is 2. The molecule has 2 aromatic carbocycles. The van der Waals surface area contributed by atoms with Gasteiger partial charge in [-0.05, 0) is 36.4 Å². The summed E-state index contributed by atoms with van der Waals surface area (Å²) in [5.74, 6) is -0.172. The maximum absolute atomic E-state index is 11.9. The first-order chi connectivity index (χ1) is 9.65. The number of benzene rings is 2. The summed E-state index contributed by atoms with van der Waals surface area (Å²) in [4.78, 5) is 13.9. The number of amides is 1. The summed E-state index contributed by atoms with van der Waals surface area (Å²) in [6.45, 7) is 0.421. The number of hydrogen-bond acceptors (Lipinski definition) is 3. The number of nitrogens with one attached hydrogen (secondary N) is 1. The van der Waals surface area contributed by atoms with Crippen molar-refractivity contribution in [2.75, 3.05) is 16.8 Å². The molecule has 3 rings (SSSR count). The van der Waals surface area contributed by atoms with Gasteiger partial charge < -0.3 is 16.0 Å². The predicted octanol–water partition coefficient (Wildman–Crippen LogP) is 2.76. The first-order valence-electron chi connectivity index (χ1n) is 6.34. The van der Waals surface area contributed by atoms with E-state index in [2.05, 4.69) is 5.32 Å². The van der Waals surface area contributed by atoms with Crippen LogP contribution in [0.2, 0.25) is 5.02 Å². The third-order valence-corrected chi connectivity index (χ3v) is 3.56. The third-order valence-electron chi connectivity index (χ3n) is 3.31. The highest BCUT2D eigenvalue weighted by Gasteiger charge is 2.25. The molecule has 0 saturated heterocycles. The second-order valence-corrected chi connectivity index (χ2v) is 5.14. The van der Waals surface area contributed by atoms with Crippen LogP contribution >= 0.6 is 11.6 Å². The summed E-state index contributed by atoms with van der Waals surface area (Å²) in [5, 5.41) is 3.53. The molecule has 0 fully saturated rings. The summed E-state index contributed by atoms with van der Waals surface area (Å²) in [6.07, 6.45) is 0. The Morgan fingerprint density at radius 2 is 1.85 bits per heavy atom. The monoisotopic (exact) mass is 287 g/mol. The zero-order valence-corrected chi connectivity index (χ0v) is 11.5. The van der Waals surface area contributed by atoms with Gasteiger partial charge in [-0.25, -0.2) is 0 Å². The lowest BCUT2D eigenvalue weighted by Gasteiger charge is -2.25. The zero-order chi connectivity index (χ0) is 14.1. The van der Waals surface area contributed by atoms with Gasteiger partial charge in [0.1, 0.15) is 6.04 Å². The molecule has 1 aliphatic rings. The largest absolute Gasteiger partial charge is 0.338 e. The first-order valence-corrected chi connectivity index (χ1v) is 6.71. The summed E-state index contributed by atoms with van der Waals surface area (Å²) >= 11 is 5.93. The van der Waals surface area contributed by atoms with Crippen LogP contribution in [0.3, 0.4) is 0 Å². The van der Waals surface area contributed by atoms with Crippen molar-refractivity contribution in [3.05, 3.63) is 53.6 Å². The van der Waals surface area contributed by atoms with Gasteiger partial charge in [-0.15, -0.1) is 0 Å². The summed E-state index contributed by atoms with van der Waals surface area (Å²) in [7, 11) is 0. The van der Waals surface area contributed by atoms with E-state index in [4.69, 9.17) is 17.3 Å². The Labute approximate surface area is 122 Å². The number of fused-ring (bicyclic) bond motifs is 1. The van der Waals surface area contributed by atoms with Crippen LogP contribution in [0.25, 0.3) is 0 Å². The lowest BCUT2D eigenvalue weighted by atomic mass is 10.2. The molecule has 2 aromatic rings. The SMILES string of the molecule is N[C@H]1CN(c2ccc(Cl)cc2)c2ccccc2NC1=O. The molecule has 0 aromatic heterocycles. The van der Waals surface area contributed by atoms with Gasteiger partial charge in [0.05, 0.1) is 11.4 Å². The minimum absolute atomic E-state index is 0.172. The normalized spacial score (nSPS) is 18.2. The maximum atomic E-state index is 11.9. The van der Waals surface area contributed by atoms with E-state index >= 15 is 0 Å². The molecule has 1 atom stereocenters. The van der Waals surface area contributed by atoms with Crippen molar-refractivity contribution in [2.24, 2.45) is 5.73 Å². The Hall–Kier alpha value is -2.04. The minimum atomic E-state index is -0.585. The van der Waals surface area contributed by atoms with Crippen LogP contribution in [0, 0.1) is 0 Å². The topological polar surface area (TPSA) is 58.4 Å². The fraction of sp³-hybridized carbons (Fsp3) is 0.133. The summed E-state index contributed by atoms with van der Waals surface area (Å²) < 4.78 is 0. The number of nitrogens with zero attached hydrogens (tertiary/aromatic N) is 1. The number of para-hydroxylation sites is 2. The van der Waals surface area contributed by atoms with Crippen LogP contribution in [0.15, 0.2) is 48.5 Å². The number of rotatable bonds is 1. The standard InChI is InChI=1S/C15H14ClN3O/c16-10-5-7-11(8-6-10)19-9-12(17)15(20)18-13-3-1-2-4-14(13)19/h1-8,12H,9,17H2,(H,18,20)/t12-/m0/s1. The van der Waals surface area contributed by atoms with Crippen LogP contribution in [-0.2, 0) is 4.79 Å². The molecule has 0 aliphatic carbocycles. The Morgan fingerprint density at radius 3 is 2.60 bits per heavy atom. The smallest absolute Gasteiger partial charge is 0.243 e. The molecule has 0 spiro atoms. The van der Waals surface area contributed by atoms with E-state index in [0.29, 0.717) is 11.6 Å². The van der Waals surface area contributed by atoms with E-state index in [0.717, 1.165) is 17.1 Å². The summed E-state index contributed by atoms with van der Waals surface area (Å²) in [6, 6.07) is 14.6. The fourth-order valence-electron chi connectivity index (χ4n) is 2.28. The number of nitrogens with two attached hydrogens (primary N) is 1. The summed E-state index contributed by atoms with van der Waals surface area (Å²) in [5.41, 5.74) is 8.58. The Balaban J connectivity index is 2.09. The molecular weight excluding hydrogens is 274 g/mol. The van der Waals surface area contributed by atoms with Crippen LogP contribution in [0.1, 0.15) is 0 Å². The maximum Gasteiger partial charge on any atom is 0.243 e. The van der Waals surface area contributed by atoms with Crippen LogP contribution < -0.4 is 16.0 Å². The van der Waals surface area contributed by atoms with E-state index in [-0.39, 0.29) is 5.91 Å². The van der Waals surface area contributed by atoms with Crippen LogP contribution in [0.4, 0.5) is 17.1 Å². The predicted molar refractivity (Wildman–Crippen MR) is 81.5 cm³/mol. The van der Waals surface area contributed by atoms with E-state index in [1.54, 1.807) is 0 Å². The molecular formula is C15H14ClN3O. The van der Waals surface area contributed by atoms with Crippen molar-refractivity contribution in [3.8, 4) is 0 Å². The zero-order valence-electron chi connectivity index (χ0n) is 10.7. The second kappa shape index (κ2) is 5.15. The quantitative estimate of drug-likeness (QED) is 0.848. The van der Waals surface area contributed by atoms with Gasteiger partial charge in [-0.2, -0.15) is 0 Å². The lowest BCUT2D eigenvalue weighted by molar-refractivity contribution is -0.117. The highest BCUT2D eigenvalue weighted by Crippen LogP contribution is 2.34. The van der Waals surface area contributed by atoms with Crippen molar-refractivity contribution < 1.29 is 4.79 Å². The van der Waals surface area contributed by atoms with Crippen LogP contribution in [-0.4, -0.2) is 18.5 Å². The van der Waals surface area contributed by atoms with Crippen LogP contribution in [0.5, 0.6) is 0 Å². The van der Waals surface area contributed by atoms with Gasteiger partial charge in [0.25, 0.3) is 0 Å².